The van der Waals surface area contributed by atoms with Crippen LogP contribution in [0.2, 0.25) is 0 Å². The Labute approximate surface area is 145 Å². The lowest BCUT2D eigenvalue weighted by Gasteiger charge is -2.23. The number of β-amino-alcohol motifs (C(OH)–C–C–N with tert-alkyl or cyclic N) is 2. The topological polar surface area (TPSA) is 82.6 Å². The first-order valence-corrected chi connectivity index (χ1v) is 8.46. The number of aliphatic hydroxyl groups excluding tert-OH is 1. The molecule has 6 nitrogen and oxygen atoms in total. The number of aryl methyl sites for hydroxylation is 1. The molecular weight excluding hydrogens is 318 g/mol. The highest BCUT2D eigenvalue weighted by Gasteiger charge is 2.42. The highest BCUT2D eigenvalue weighted by atomic mass is 16.5. The molecule has 0 amide bonds. The highest BCUT2D eigenvalue weighted by molar-refractivity contribution is 5.85. The van der Waals surface area contributed by atoms with Crippen molar-refractivity contribution in [3.05, 3.63) is 59.7 Å². The van der Waals surface area contributed by atoms with E-state index in [1.807, 2.05) is 47.4 Å². The predicted octanol–water partition coefficient (Wildman–Crippen LogP) is 2.16. The fourth-order valence-electron chi connectivity index (χ4n) is 3.57. The molecule has 0 radical (unpaired) electrons. The number of fused-ring (bicyclic) bond motifs is 1. The summed E-state index contributed by atoms with van der Waals surface area (Å²) in [5, 5.41) is 27.5. The Bertz CT molecular complexity index is 889. The van der Waals surface area contributed by atoms with E-state index < -0.39 is 11.7 Å². The zero-order valence-corrected chi connectivity index (χ0v) is 14.1. The molecule has 1 aliphatic rings. The van der Waals surface area contributed by atoms with Crippen molar-refractivity contribution >= 4 is 10.8 Å². The van der Waals surface area contributed by atoms with Gasteiger partial charge in [-0.2, -0.15) is 4.98 Å². The summed E-state index contributed by atoms with van der Waals surface area (Å²) in [5.41, 5.74) is -0.234. The Morgan fingerprint density at radius 2 is 2.04 bits per heavy atom. The van der Waals surface area contributed by atoms with Crippen LogP contribution in [0.15, 0.2) is 47.0 Å². The maximum absolute atomic E-state index is 10.8. The van der Waals surface area contributed by atoms with Crippen molar-refractivity contribution in [1.82, 2.24) is 15.0 Å². The van der Waals surface area contributed by atoms with E-state index in [9.17, 15) is 10.2 Å². The minimum Gasteiger partial charge on any atom is -0.387 e. The minimum absolute atomic E-state index is 0.257. The molecule has 2 aromatic carbocycles. The zero-order valence-electron chi connectivity index (χ0n) is 14.1. The van der Waals surface area contributed by atoms with E-state index in [4.69, 9.17) is 4.52 Å². The first-order valence-electron chi connectivity index (χ1n) is 8.46. The van der Waals surface area contributed by atoms with E-state index in [-0.39, 0.29) is 5.89 Å². The third-order valence-corrected chi connectivity index (χ3v) is 4.87. The second kappa shape index (κ2) is 6.22. The molecule has 3 aromatic rings. The summed E-state index contributed by atoms with van der Waals surface area (Å²) in [4.78, 5) is 6.19. The van der Waals surface area contributed by atoms with E-state index in [0.717, 1.165) is 16.3 Å². The van der Waals surface area contributed by atoms with Crippen molar-refractivity contribution in [2.75, 3.05) is 19.6 Å². The first-order chi connectivity index (χ1) is 12.0. The van der Waals surface area contributed by atoms with Gasteiger partial charge in [-0.25, -0.2) is 0 Å². The lowest BCUT2D eigenvalue weighted by molar-refractivity contribution is 0.00927. The van der Waals surface area contributed by atoms with Crippen LogP contribution in [-0.4, -0.2) is 44.9 Å². The summed E-state index contributed by atoms with van der Waals surface area (Å²) in [6.45, 7) is 3.22. The molecule has 1 fully saturated rings. The molecule has 4 rings (SSSR count). The monoisotopic (exact) mass is 339 g/mol. The van der Waals surface area contributed by atoms with E-state index >= 15 is 0 Å². The van der Waals surface area contributed by atoms with E-state index in [1.165, 1.54) is 0 Å². The van der Waals surface area contributed by atoms with Crippen molar-refractivity contribution < 1.29 is 14.7 Å². The summed E-state index contributed by atoms with van der Waals surface area (Å²) >= 11 is 0. The van der Waals surface area contributed by atoms with Crippen LogP contribution in [0.3, 0.4) is 0 Å². The predicted molar refractivity (Wildman–Crippen MR) is 92.9 cm³/mol. The lowest BCUT2D eigenvalue weighted by atomic mass is 10.00. The van der Waals surface area contributed by atoms with Crippen LogP contribution in [0.25, 0.3) is 10.8 Å². The van der Waals surface area contributed by atoms with Gasteiger partial charge in [0.15, 0.2) is 11.4 Å². The molecule has 6 heteroatoms. The molecule has 0 aliphatic carbocycles. The zero-order chi connectivity index (χ0) is 17.4. The Hall–Kier alpha value is -2.28. The van der Waals surface area contributed by atoms with Gasteiger partial charge in [0.2, 0.25) is 0 Å². The van der Waals surface area contributed by atoms with Gasteiger partial charge < -0.3 is 14.7 Å². The van der Waals surface area contributed by atoms with Crippen molar-refractivity contribution in [2.45, 2.75) is 25.0 Å². The molecule has 2 N–H and O–H groups in total. The number of aliphatic hydroxyl groups is 2. The molecule has 2 heterocycles. The molecule has 130 valence electrons. The molecule has 1 saturated heterocycles. The van der Waals surface area contributed by atoms with Crippen LogP contribution in [0.5, 0.6) is 0 Å². The van der Waals surface area contributed by atoms with Crippen LogP contribution in [0, 0.1) is 6.92 Å². The third kappa shape index (κ3) is 3.04. The summed E-state index contributed by atoms with van der Waals surface area (Å²) in [5.74, 6) is 0.768. The Kier molecular flexibility index (Phi) is 4.03. The van der Waals surface area contributed by atoms with Crippen molar-refractivity contribution in [3.63, 3.8) is 0 Å². The maximum Gasteiger partial charge on any atom is 0.259 e. The molecule has 0 saturated carbocycles. The first kappa shape index (κ1) is 16.2. The normalized spacial score (nSPS) is 22.5. The van der Waals surface area contributed by atoms with Crippen LogP contribution < -0.4 is 0 Å². The summed E-state index contributed by atoms with van der Waals surface area (Å²) in [6, 6.07) is 14.0. The smallest absolute Gasteiger partial charge is 0.259 e. The van der Waals surface area contributed by atoms with Gasteiger partial charge in [-0.05, 0) is 29.7 Å². The Morgan fingerprint density at radius 1 is 1.24 bits per heavy atom. The second-order valence-electron chi connectivity index (χ2n) is 6.75. The number of benzene rings is 2. The summed E-state index contributed by atoms with van der Waals surface area (Å²) < 4.78 is 5.15. The number of rotatable bonds is 4. The summed E-state index contributed by atoms with van der Waals surface area (Å²) in [6.07, 6.45) is -0.116. The van der Waals surface area contributed by atoms with E-state index in [2.05, 4.69) is 10.1 Å². The average molecular weight is 339 g/mol. The van der Waals surface area contributed by atoms with Gasteiger partial charge in [0.25, 0.3) is 5.89 Å². The molecule has 25 heavy (non-hydrogen) atoms. The van der Waals surface area contributed by atoms with Crippen molar-refractivity contribution in [1.29, 1.82) is 0 Å². The molecule has 1 aliphatic heterocycles. The van der Waals surface area contributed by atoms with Gasteiger partial charge in [0.1, 0.15) is 0 Å². The fourth-order valence-corrected chi connectivity index (χ4v) is 3.57. The average Bonchev–Trinajstić information content (AvgIpc) is 3.21. The number of aromatic nitrogens is 2. The molecule has 1 aromatic heterocycles. The highest BCUT2D eigenvalue weighted by Crippen LogP contribution is 2.32. The lowest BCUT2D eigenvalue weighted by Crippen LogP contribution is -2.33. The van der Waals surface area contributed by atoms with Crippen LogP contribution in [0.1, 0.15) is 29.8 Å². The van der Waals surface area contributed by atoms with E-state index in [1.54, 1.807) is 6.92 Å². The molecular formula is C19H21N3O3. The standard InChI is InChI=1S/C19H21N3O3/c1-13-20-18(25-21-13)19(24)9-10-22(12-19)11-17(23)16-8-4-6-14-5-2-3-7-15(14)16/h2-8,17,23-24H,9-12H2,1H3/t17-,19?/m0/s1. The van der Waals surface area contributed by atoms with Gasteiger partial charge in [-0.3, -0.25) is 4.90 Å². The number of hydrogen-bond acceptors (Lipinski definition) is 6. The third-order valence-electron chi connectivity index (χ3n) is 4.87. The second-order valence-corrected chi connectivity index (χ2v) is 6.75. The van der Waals surface area contributed by atoms with Gasteiger partial charge in [0.05, 0.1) is 6.10 Å². The van der Waals surface area contributed by atoms with Crippen LogP contribution in [-0.2, 0) is 5.60 Å². The molecule has 0 bridgehead atoms. The van der Waals surface area contributed by atoms with Gasteiger partial charge in [0, 0.05) is 19.6 Å². The Balaban J connectivity index is 1.51. The van der Waals surface area contributed by atoms with Crippen LogP contribution in [0.4, 0.5) is 0 Å². The minimum atomic E-state index is -1.14. The summed E-state index contributed by atoms with van der Waals surface area (Å²) in [7, 11) is 0. The molecule has 0 spiro atoms. The number of nitrogens with zero attached hydrogens (tertiary/aromatic N) is 3. The van der Waals surface area contributed by atoms with Gasteiger partial charge in [-0.1, -0.05) is 47.6 Å². The molecule has 1 unspecified atom stereocenters. The van der Waals surface area contributed by atoms with Crippen molar-refractivity contribution in [3.8, 4) is 0 Å². The number of likely N-dealkylation sites (tertiary alicyclic amines) is 1. The van der Waals surface area contributed by atoms with Crippen LogP contribution >= 0.6 is 0 Å². The largest absolute Gasteiger partial charge is 0.387 e. The van der Waals surface area contributed by atoms with Gasteiger partial charge in [-0.15, -0.1) is 0 Å². The van der Waals surface area contributed by atoms with Crippen molar-refractivity contribution in [2.24, 2.45) is 0 Å². The molecule has 2 atom stereocenters. The number of hydrogen-bond donors (Lipinski definition) is 2. The fraction of sp³-hybridized carbons (Fsp3) is 0.368. The van der Waals surface area contributed by atoms with E-state index in [0.29, 0.717) is 31.9 Å². The quantitative estimate of drug-likeness (QED) is 0.758. The van der Waals surface area contributed by atoms with Gasteiger partial charge >= 0.3 is 0 Å². The Morgan fingerprint density at radius 3 is 2.84 bits per heavy atom. The SMILES string of the molecule is Cc1noc(C2(O)CCN(C[C@H](O)c3cccc4ccccc34)C2)n1. The maximum atomic E-state index is 10.8.